The number of rotatable bonds is 17. The van der Waals surface area contributed by atoms with E-state index in [1.807, 2.05) is 0 Å². The molecular formula is C21H39N10O16P3. The van der Waals surface area contributed by atoms with Gasteiger partial charge in [-0.1, -0.05) is 0 Å². The molecule has 50 heavy (non-hydrogen) atoms. The fourth-order valence-electron chi connectivity index (χ4n) is 4.57. The summed E-state index contributed by atoms with van der Waals surface area (Å²) >= 11 is 0. The molecule has 0 amide bonds. The summed E-state index contributed by atoms with van der Waals surface area (Å²) in [5.41, 5.74) is 10.9. The molecule has 2 saturated heterocycles. The quantitative estimate of drug-likeness (QED) is 0.0137. The Labute approximate surface area is 283 Å². The molecule has 2 aliphatic rings. The Balaban J connectivity index is 1.22. The SMILES string of the molecule is CN/C(N)=N\C(NC1OC(CO[PH](O)(O)O[PH](O)(O)OP(O)OOCC2CCC(n3cnc4c(=O)[nH]c(N)nc43)O2)C(O)C1O)=C(/C=O)NC. The summed E-state index contributed by atoms with van der Waals surface area (Å²) < 4.78 is 31.1. The Morgan fingerprint density at radius 3 is 2.60 bits per heavy atom. The van der Waals surface area contributed by atoms with Crippen molar-refractivity contribution in [3.63, 3.8) is 0 Å². The van der Waals surface area contributed by atoms with Gasteiger partial charge in [-0.3, -0.25) is 9.78 Å². The van der Waals surface area contributed by atoms with Crippen molar-refractivity contribution in [2.75, 3.05) is 33.0 Å². The van der Waals surface area contributed by atoms with Crippen molar-refractivity contribution < 1.29 is 71.7 Å². The number of ether oxygens (including phenoxy) is 2. The second-order valence-electron chi connectivity index (χ2n) is 10.4. The summed E-state index contributed by atoms with van der Waals surface area (Å²) in [5.74, 6) is -0.419. The molecule has 0 aliphatic carbocycles. The van der Waals surface area contributed by atoms with Crippen molar-refractivity contribution in [1.82, 2.24) is 35.5 Å². The molecule has 7 unspecified atom stereocenters. The standard InChI is InChI=1S/C21H39N10O16P3/c1-24-10(5-32)16(28-20(22)25-2)27-19-15(34)14(33)11(44-19)7-42-49(37,38)47-50(39,40)46-48(36)45-41-6-9-3-4-12(43-9)31-8-26-13-17(31)29-21(23)30-18(13)35/h5,8-9,11-12,14-15,19,24,27,33-34,36-40,49-50H,3-4,6-7H2,1-2H3,(H3,22,25,28)(H3,23,29,30,35)/b16-10+. The number of nitrogens with two attached hydrogens (primary N) is 2. The van der Waals surface area contributed by atoms with Gasteiger partial charge in [-0.05, 0) is 0 Å². The van der Waals surface area contributed by atoms with E-state index in [2.05, 4.69) is 49.2 Å². The second kappa shape index (κ2) is 17.1. The fourth-order valence-corrected chi connectivity index (χ4v) is 8.14. The fraction of sp³-hybridized carbons (Fsp3) is 0.571. The first-order chi connectivity index (χ1) is 23.6. The van der Waals surface area contributed by atoms with Crippen molar-refractivity contribution >= 4 is 54.3 Å². The number of H-pyrrole nitrogens is 1. The summed E-state index contributed by atoms with van der Waals surface area (Å²) in [6.07, 6.45) is -4.79. The van der Waals surface area contributed by atoms with Crippen LogP contribution in [0.3, 0.4) is 0 Å². The zero-order valence-corrected chi connectivity index (χ0v) is 29.0. The van der Waals surface area contributed by atoms with E-state index < -0.39 is 74.0 Å². The maximum atomic E-state index is 12.0. The predicted molar refractivity (Wildman–Crippen MR) is 172 cm³/mol. The number of aldehydes is 1. The molecule has 0 bridgehead atoms. The Kier molecular flexibility index (Phi) is 13.7. The van der Waals surface area contributed by atoms with E-state index in [0.717, 1.165) is 0 Å². The molecule has 2 aliphatic heterocycles. The number of aromatic nitrogens is 4. The van der Waals surface area contributed by atoms with Gasteiger partial charge in [0.1, 0.15) is 0 Å². The van der Waals surface area contributed by atoms with E-state index in [1.165, 1.54) is 25.0 Å². The number of allylic oxidation sites excluding steroid dienone is 1. The Morgan fingerprint density at radius 1 is 1.18 bits per heavy atom. The van der Waals surface area contributed by atoms with Crippen molar-refractivity contribution in [3.8, 4) is 0 Å². The Bertz CT molecular complexity index is 1600. The van der Waals surface area contributed by atoms with Gasteiger partial charge in [-0.15, -0.1) is 0 Å². The van der Waals surface area contributed by atoms with Crippen LogP contribution in [0.5, 0.6) is 0 Å². The Hall–Kier alpha value is -2.84. The van der Waals surface area contributed by atoms with Gasteiger partial charge in [-0.25, -0.2) is 0 Å². The van der Waals surface area contributed by atoms with Gasteiger partial charge in [0, 0.05) is 0 Å². The number of anilines is 1. The van der Waals surface area contributed by atoms with Crippen molar-refractivity contribution in [2.24, 2.45) is 10.7 Å². The zero-order chi connectivity index (χ0) is 36.8. The molecule has 0 saturated carbocycles. The van der Waals surface area contributed by atoms with Crippen LogP contribution in [0.1, 0.15) is 19.1 Å². The normalized spacial score (nSPS) is 26.5. The van der Waals surface area contributed by atoms with Gasteiger partial charge in [0.2, 0.25) is 0 Å². The van der Waals surface area contributed by atoms with Crippen molar-refractivity contribution in [2.45, 2.75) is 49.7 Å². The number of guanidine groups is 1. The zero-order valence-electron chi connectivity index (χ0n) is 26.1. The molecule has 26 nitrogen and oxygen atoms in total. The van der Waals surface area contributed by atoms with Crippen LogP contribution in [0.2, 0.25) is 0 Å². The second-order valence-corrected chi connectivity index (χ2v) is 15.0. The summed E-state index contributed by atoms with van der Waals surface area (Å²) in [5, 5.41) is 28.5. The summed E-state index contributed by atoms with van der Waals surface area (Å²) in [6.45, 7) is -1.15. The molecule has 0 spiro atoms. The van der Waals surface area contributed by atoms with Gasteiger partial charge in [0.15, 0.2) is 0 Å². The monoisotopic (exact) mass is 780 g/mol. The molecule has 2 aromatic rings. The number of aliphatic imine (C=N–C) groups is 1. The first-order valence-corrected chi connectivity index (χ1v) is 18.9. The van der Waals surface area contributed by atoms with Crippen LogP contribution in [0.25, 0.3) is 11.2 Å². The molecule has 0 radical (unpaired) electrons. The van der Waals surface area contributed by atoms with Gasteiger partial charge in [0.05, 0.1) is 0 Å². The first-order valence-electron chi connectivity index (χ1n) is 14.3. The van der Waals surface area contributed by atoms with Gasteiger partial charge < -0.3 is 5.73 Å². The third kappa shape index (κ3) is 10.4. The van der Waals surface area contributed by atoms with E-state index in [-0.39, 0.29) is 41.2 Å². The number of aromatic amines is 1. The van der Waals surface area contributed by atoms with E-state index in [4.69, 9.17) is 30.4 Å². The van der Waals surface area contributed by atoms with Crippen molar-refractivity contribution in [3.05, 3.63) is 28.2 Å². The van der Waals surface area contributed by atoms with Crippen LogP contribution in [-0.2, 0) is 37.0 Å². The number of nitrogen functional groups attached to an aromatic ring is 1. The number of carbonyl (C=O) groups is 1. The molecule has 4 rings (SSSR count). The van der Waals surface area contributed by atoms with Crippen LogP contribution >= 0.6 is 24.9 Å². The van der Waals surface area contributed by atoms with Crippen LogP contribution in [0.15, 0.2) is 27.6 Å². The first kappa shape index (κ1) is 39.9. The molecule has 15 N–H and O–H groups in total. The summed E-state index contributed by atoms with van der Waals surface area (Å²) in [6, 6.07) is 0. The number of likely N-dealkylation sites (N-methyl/N-ethyl adjacent to an activating group) is 1. The van der Waals surface area contributed by atoms with Gasteiger partial charge in [-0.2, -0.15) is 0 Å². The molecule has 2 fully saturated rings. The number of aliphatic hydroxyl groups is 2. The average molecular weight is 781 g/mol. The van der Waals surface area contributed by atoms with Crippen LogP contribution in [-0.4, -0.2) is 124 Å². The molecule has 7 atom stereocenters. The number of nitrogens with one attached hydrogen (secondary N) is 4. The molecule has 2 aromatic heterocycles. The molecule has 0 aromatic carbocycles. The predicted octanol–water partition coefficient (Wildman–Crippen LogP) is -4.46. The third-order valence-corrected chi connectivity index (χ3v) is 11.4. The molecule has 284 valence electrons. The number of imidazole rings is 1. The average Bonchev–Trinajstić information content (AvgIpc) is 3.74. The number of carbonyl (C=O) groups excluding carboxylic acids is 1. The van der Waals surface area contributed by atoms with E-state index >= 15 is 0 Å². The van der Waals surface area contributed by atoms with Gasteiger partial charge in [0.25, 0.3) is 0 Å². The third-order valence-electron chi connectivity index (χ3n) is 6.89. The van der Waals surface area contributed by atoms with E-state index in [9.17, 15) is 44.3 Å². The van der Waals surface area contributed by atoms with Crippen molar-refractivity contribution in [1.29, 1.82) is 0 Å². The molecular weight excluding hydrogens is 741 g/mol. The number of fused-ring (bicyclic) bond motifs is 1. The number of nitrogens with zero attached hydrogens (tertiary/aromatic N) is 4. The maximum absolute atomic E-state index is 12.0. The van der Waals surface area contributed by atoms with Gasteiger partial charge >= 0.3 is 268 Å². The number of hydrogen-bond donors (Lipinski definition) is 13. The molecule has 4 heterocycles. The minimum atomic E-state index is -5.57. The van der Waals surface area contributed by atoms with Crippen LogP contribution < -0.4 is 33.0 Å². The minimum absolute atomic E-state index is 0.0639. The Morgan fingerprint density at radius 2 is 1.92 bits per heavy atom. The van der Waals surface area contributed by atoms with E-state index in [0.29, 0.717) is 19.1 Å². The summed E-state index contributed by atoms with van der Waals surface area (Å²) in [4.78, 5) is 93.0. The number of hydrogen-bond acceptors (Lipinski definition) is 22. The number of aliphatic hydroxyl groups excluding tert-OH is 2. The van der Waals surface area contributed by atoms with Crippen LogP contribution in [0.4, 0.5) is 5.95 Å². The van der Waals surface area contributed by atoms with E-state index in [1.54, 1.807) is 0 Å². The molecule has 29 heteroatoms. The van der Waals surface area contributed by atoms with Crippen LogP contribution in [0, 0.1) is 0 Å². The topological polar surface area (TPSA) is 387 Å². The summed E-state index contributed by atoms with van der Waals surface area (Å²) in [7, 11) is -11.4.